The molecule has 20 heavy (non-hydrogen) atoms. The van der Waals surface area contributed by atoms with Gasteiger partial charge in [0.15, 0.2) is 5.16 Å². The largest absolute Gasteiger partial charge is 0.465 e. The number of esters is 1. The van der Waals surface area contributed by atoms with Crippen LogP contribution in [0.3, 0.4) is 0 Å². The fourth-order valence-electron chi connectivity index (χ4n) is 1.75. The molecule has 1 N–H and O–H groups in total. The van der Waals surface area contributed by atoms with Gasteiger partial charge in [0.1, 0.15) is 5.54 Å². The van der Waals surface area contributed by atoms with Gasteiger partial charge in [-0.05, 0) is 40.2 Å². The number of carbonyl (C=O) groups excluding carboxylic acids is 1. The molecule has 0 fully saturated rings. The van der Waals surface area contributed by atoms with Crippen LogP contribution in [0.2, 0.25) is 0 Å². The summed E-state index contributed by atoms with van der Waals surface area (Å²) in [5, 5.41) is 3.94. The molecule has 0 spiro atoms. The molecule has 0 aromatic carbocycles. The van der Waals surface area contributed by atoms with Crippen molar-refractivity contribution in [2.24, 2.45) is 0 Å². The molecule has 1 rings (SSSR count). The molecule has 112 valence electrons. The number of nitrogens with zero attached hydrogens (tertiary/aromatic N) is 2. The molecule has 1 atom stereocenters. The summed E-state index contributed by atoms with van der Waals surface area (Å²) >= 11 is 1.45. The Balaban J connectivity index is 2.73. The first-order valence-corrected chi connectivity index (χ1v) is 7.72. The van der Waals surface area contributed by atoms with Crippen LogP contribution < -0.4 is 5.32 Å². The number of ether oxygens (including phenoxy) is 1. The highest BCUT2D eigenvalue weighted by Crippen LogP contribution is 2.21. The molecule has 0 aliphatic heterocycles. The van der Waals surface area contributed by atoms with Crippen molar-refractivity contribution < 1.29 is 9.53 Å². The van der Waals surface area contributed by atoms with Crippen molar-refractivity contribution in [3.63, 3.8) is 0 Å². The van der Waals surface area contributed by atoms with E-state index in [0.29, 0.717) is 17.5 Å². The summed E-state index contributed by atoms with van der Waals surface area (Å²) in [5.74, 6) is 0.279. The van der Waals surface area contributed by atoms with Crippen LogP contribution in [-0.2, 0) is 9.53 Å². The third-order valence-corrected chi connectivity index (χ3v) is 3.77. The number of aromatic nitrogens is 2. The van der Waals surface area contributed by atoms with Gasteiger partial charge in [0.2, 0.25) is 0 Å². The summed E-state index contributed by atoms with van der Waals surface area (Å²) in [6.07, 6.45) is 3.54. The molecule has 1 aromatic heterocycles. The zero-order chi connectivity index (χ0) is 15.2. The number of aryl methyl sites for hydroxylation is 1. The molecule has 0 saturated heterocycles. The summed E-state index contributed by atoms with van der Waals surface area (Å²) in [6, 6.07) is 0.184. The molecular formula is C14H23N3O2S. The molecule has 6 heteroatoms. The predicted molar refractivity (Wildman–Crippen MR) is 80.8 cm³/mol. The zero-order valence-corrected chi connectivity index (χ0v) is 13.6. The zero-order valence-electron chi connectivity index (χ0n) is 12.8. The lowest BCUT2D eigenvalue weighted by atomic mass is 10.0. The minimum Gasteiger partial charge on any atom is -0.465 e. The van der Waals surface area contributed by atoms with Gasteiger partial charge in [-0.2, -0.15) is 0 Å². The maximum atomic E-state index is 12.1. The van der Waals surface area contributed by atoms with Gasteiger partial charge in [0, 0.05) is 24.2 Å². The third kappa shape index (κ3) is 5.09. The minimum atomic E-state index is -0.747. The Labute approximate surface area is 124 Å². The van der Waals surface area contributed by atoms with Crippen LogP contribution in [0.1, 0.15) is 33.3 Å². The van der Waals surface area contributed by atoms with Crippen molar-refractivity contribution >= 4 is 17.7 Å². The lowest BCUT2D eigenvalue weighted by Gasteiger charge is -2.30. The molecule has 0 amide bonds. The molecule has 0 aliphatic carbocycles. The van der Waals surface area contributed by atoms with Crippen molar-refractivity contribution in [3.8, 4) is 0 Å². The molecule has 5 nitrogen and oxygen atoms in total. The second kappa shape index (κ2) is 7.59. The molecule has 0 saturated carbocycles. The van der Waals surface area contributed by atoms with E-state index in [1.54, 1.807) is 12.4 Å². The Kier molecular flexibility index (Phi) is 6.42. The fraction of sp³-hybridized carbons (Fsp3) is 0.643. The lowest BCUT2D eigenvalue weighted by Crippen LogP contribution is -2.55. The highest BCUT2D eigenvalue weighted by atomic mass is 32.2. The first-order valence-electron chi connectivity index (χ1n) is 6.73. The van der Waals surface area contributed by atoms with Crippen molar-refractivity contribution in [1.29, 1.82) is 0 Å². The maximum absolute atomic E-state index is 12.1. The summed E-state index contributed by atoms with van der Waals surface area (Å²) in [4.78, 5) is 20.6. The highest BCUT2D eigenvalue weighted by Gasteiger charge is 2.35. The molecule has 0 bridgehead atoms. The second-order valence-electron chi connectivity index (χ2n) is 5.18. The van der Waals surface area contributed by atoms with Gasteiger partial charge in [0.05, 0.1) is 6.61 Å². The van der Waals surface area contributed by atoms with Gasteiger partial charge >= 0.3 is 5.97 Å². The van der Waals surface area contributed by atoms with E-state index < -0.39 is 5.54 Å². The van der Waals surface area contributed by atoms with E-state index in [4.69, 9.17) is 4.74 Å². The van der Waals surface area contributed by atoms with Gasteiger partial charge in [-0.3, -0.25) is 10.1 Å². The fourth-order valence-corrected chi connectivity index (χ4v) is 2.62. The van der Waals surface area contributed by atoms with Crippen LogP contribution in [0.25, 0.3) is 0 Å². The Morgan fingerprint density at radius 3 is 2.55 bits per heavy atom. The van der Waals surface area contributed by atoms with Crippen LogP contribution in [-0.4, -0.2) is 39.9 Å². The number of carbonyl (C=O) groups is 1. The Bertz CT molecular complexity index is 437. The maximum Gasteiger partial charge on any atom is 0.326 e. The Hall–Kier alpha value is -1.14. The summed E-state index contributed by atoms with van der Waals surface area (Å²) in [6.45, 7) is 9.99. The van der Waals surface area contributed by atoms with Gasteiger partial charge in [0.25, 0.3) is 0 Å². The van der Waals surface area contributed by atoms with E-state index >= 15 is 0 Å². The van der Waals surface area contributed by atoms with E-state index in [1.807, 2.05) is 34.6 Å². The normalized spacial score (nSPS) is 14.1. The number of hydrogen-bond donors (Lipinski definition) is 1. The van der Waals surface area contributed by atoms with Gasteiger partial charge in [-0.1, -0.05) is 11.8 Å². The molecule has 1 unspecified atom stereocenters. The topological polar surface area (TPSA) is 64.1 Å². The summed E-state index contributed by atoms with van der Waals surface area (Å²) < 4.78 is 5.16. The molecular weight excluding hydrogens is 274 g/mol. The monoisotopic (exact) mass is 297 g/mol. The molecule has 1 heterocycles. The van der Waals surface area contributed by atoms with Crippen molar-refractivity contribution in [2.45, 2.75) is 51.4 Å². The first kappa shape index (κ1) is 16.9. The summed E-state index contributed by atoms with van der Waals surface area (Å²) in [7, 11) is 0. The molecule has 0 radical (unpaired) electrons. The van der Waals surface area contributed by atoms with Crippen molar-refractivity contribution in [2.75, 3.05) is 12.4 Å². The van der Waals surface area contributed by atoms with Gasteiger partial charge in [-0.15, -0.1) is 0 Å². The standard InChI is InChI=1S/C14H23N3O2S/c1-6-19-12(18)14(5,17-10(2)3)9-20-13-15-7-11(4)8-16-13/h7-8,10,17H,6,9H2,1-5H3. The molecule has 0 aliphatic rings. The highest BCUT2D eigenvalue weighted by molar-refractivity contribution is 7.99. The SMILES string of the molecule is CCOC(=O)C(C)(CSc1ncc(C)cn1)NC(C)C. The number of hydrogen-bond acceptors (Lipinski definition) is 6. The quantitative estimate of drug-likeness (QED) is 0.473. The summed E-state index contributed by atoms with van der Waals surface area (Å²) in [5.41, 5.74) is 0.270. The Morgan fingerprint density at radius 2 is 2.05 bits per heavy atom. The average molecular weight is 297 g/mol. The first-order chi connectivity index (χ1) is 9.37. The number of nitrogens with one attached hydrogen (secondary N) is 1. The van der Waals surface area contributed by atoms with Gasteiger partial charge < -0.3 is 4.74 Å². The number of rotatable bonds is 7. The van der Waals surface area contributed by atoms with E-state index in [-0.39, 0.29) is 12.0 Å². The van der Waals surface area contributed by atoms with Crippen molar-refractivity contribution in [3.05, 3.63) is 18.0 Å². The smallest absolute Gasteiger partial charge is 0.326 e. The Morgan fingerprint density at radius 1 is 1.45 bits per heavy atom. The van der Waals surface area contributed by atoms with Crippen LogP contribution in [0.4, 0.5) is 0 Å². The average Bonchev–Trinajstić information content (AvgIpc) is 2.37. The predicted octanol–water partition coefficient (Wildman–Crippen LogP) is 2.20. The van der Waals surface area contributed by atoms with Crippen LogP contribution in [0.15, 0.2) is 17.6 Å². The van der Waals surface area contributed by atoms with Crippen LogP contribution in [0, 0.1) is 6.92 Å². The molecule has 1 aromatic rings. The lowest BCUT2D eigenvalue weighted by molar-refractivity contribution is -0.149. The number of thioether (sulfide) groups is 1. The van der Waals surface area contributed by atoms with Gasteiger partial charge in [-0.25, -0.2) is 9.97 Å². The minimum absolute atomic E-state index is 0.184. The van der Waals surface area contributed by atoms with E-state index in [1.165, 1.54) is 11.8 Å². The van der Waals surface area contributed by atoms with E-state index in [2.05, 4.69) is 15.3 Å². The third-order valence-electron chi connectivity index (χ3n) is 2.58. The van der Waals surface area contributed by atoms with E-state index in [0.717, 1.165) is 5.56 Å². The van der Waals surface area contributed by atoms with E-state index in [9.17, 15) is 4.79 Å². The van der Waals surface area contributed by atoms with Crippen LogP contribution in [0.5, 0.6) is 0 Å². The van der Waals surface area contributed by atoms with Crippen molar-refractivity contribution in [1.82, 2.24) is 15.3 Å². The second-order valence-corrected chi connectivity index (χ2v) is 6.13. The van der Waals surface area contributed by atoms with Crippen LogP contribution >= 0.6 is 11.8 Å².